The monoisotopic (exact) mass is 446 g/mol. The molecule has 2 aliphatic rings. The van der Waals surface area contributed by atoms with E-state index < -0.39 is 0 Å². The zero-order valence-electron chi connectivity index (χ0n) is 20.7. The van der Waals surface area contributed by atoms with Crippen LogP contribution in [0.2, 0.25) is 0 Å². The molecule has 0 aromatic heterocycles. The standard InChI is InChI=1S/C31H42O2/c1-3-5-23-7-11-25(12-8-23)27-15-17-29(18-16-27)31(32)33-30-21-19-28(20-22-30)26-13-9-24(6-4-2)10-14-26/h15-26H,3-14H2,1-2H3. The molecule has 2 aromatic carbocycles. The Balaban J connectivity index is 1.28. The van der Waals surface area contributed by atoms with E-state index in [4.69, 9.17) is 4.74 Å². The Morgan fingerprint density at radius 1 is 0.667 bits per heavy atom. The fraction of sp³-hybridized carbons (Fsp3) is 0.581. The number of ether oxygens (including phenoxy) is 1. The third-order valence-electron chi connectivity index (χ3n) is 8.27. The molecule has 2 heteroatoms. The molecule has 2 aromatic rings. The molecule has 2 fully saturated rings. The van der Waals surface area contributed by atoms with Gasteiger partial charge in [-0.05, 0) is 110 Å². The van der Waals surface area contributed by atoms with Crippen LogP contribution in [-0.2, 0) is 0 Å². The predicted molar refractivity (Wildman–Crippen MR) is 137 cm³/mol. The van der Waals surface area contributed by atoms with Gasteiger partial charge in [-0.3, -0.25) is 0 Å². The lowest BCUT2D eigenvalue weighted by atomic mass is 9.77. The molecular formula is C31H42O2. The van der Waals surface area contributed by atoms with Crippen LogP contribution in [0.25, 0.3) is 0 Å². The van der Waals surface area contributed by atoms with E-state index in [0.717, 1.165) is 11.8 Å². The summed E-state index contributed by atoms with van der Waals surface area (Å²) in [6.07, 6.45) is 15.9. The first-order chi connectivity index (χ1) is 16.2. The molecule has 0 heterocycles. The maximum absolute atomic E-state index is 12.7. The molecule has 2 nitrogen and oxygen atoms in total. The van der Waals surface area contributed by atoms with Crippen LogP contribution in [0.1, 0.15) is 124 Å². The van der Waals surface area contributed by atoms with Crippen molar-refractivity contribution in [1.82, 2.24) is 0 Å². The van der Waals surface area contributed by atoms with Gasteiger partial charge in [0, 0.05) is 0 Å². The number of carbonyl (C=O) groups is 1. The lowest BCUT2D eigenvalue weighted by Gasteiger charge is -2.28. The molecule has 0 N–H and O–H groups in total. The highest BCUT2D eigenvalue weighted by Crippen LogP contribution is 2.39. The van der Waals surface area contributed by atoms with Crippen LogP contribution in [0, 0.1) is 11.8 Å². The van der Waals surface area contributed by atoms with Gasteiger partial charge < -0.3 is 4.74 Å². The van der Waals surface area contributed by atoms with Gasteiger partial charge in [0.15, 0.2) is 0 Å². The molecule has 178 valence electrons. The average molecular weight is 447 g/mol. The third kappa shape index (κ3) is 6.49. The number of benzene rings is 2. The topological polar surface area (TPSA) is 26.3 Å². The van der Waals surface area contributed by atoms with Crippen molar-refractivity contribution in [2.75, 3.05) is 0 Å². The van der Waals surface area contributed by atoms with Crippen LogP contribution in [0.3, 0.4) is 0 Å². The van der Waals surface area contributed by atoms with E-state index in [2.05, 4.69) is 38.1 Å². The van der Waals surface area contributed by atoms with E-state index in [1.54, 1.807) is 0 Å². The number of rotatable bonds is 8. The Hall–Kier alpha value is -2.09. The number of carbonyl (C=O) groups excluding carboxylic acids is 1. The SMILES string of the molecule is CCCC1CCC(c2ccc(OC(=O)c3ccc(C4CCC(CCC)CC4)cc3)cc2)CC1. The summed E-state index contributed by atoms with van der Waals surface area (Å²) in [6, 6.07) is 16.4. The van der Waals surface area contributed by atoms with Gasteiger partial charge in [-0.2, -0.15) is 0 Å². The molecule has 0 spiro atoms. The van der Waals surface area contributed by atoms with Crippen molar-refractivity contribution in [2.24, 2.45) is 11.8 Å². The first-order valence-electron chi connectivity index (χ1n) is 13.6. The van der Waals surface area contributed by atoms with Gasteiger partial charge in [0.05, 0.1) is 5.56 Å². The Morgan fingerprint density at radius 3 is 1.52 bits per heavy atom. The minimum Gasteiger partial charge on any atom is -0.423 e. The first kappa shape index (κ1) is 24.0. The zero-order valence-corrected chi connectivity index (χ0v) is 20.7. The molecule has 33 heavy (non-hydrogen) atoms. The maximum Gasteiger partial charge on any atom is 0.343 e. The van der Waals surface area contributed by atoms with Crippen LogP contribution in [0.4, 0.5) is 0 Å². The highest BCUT2D eigenvalue weighted by molar-refractivity contribution is 5.91. The average Bonchev–Trinajstić information content (AvgIpc) is 2.86. The van der Waals surface area contributed by atoms with Gasteiger partial charge in [-0.15, -0.1) is 0 Å². The molecule has 0 amide bonds. The summed E-state index contributed by atoms with van der Waals surface area (Å²) >= 11 is 0. The Kier molecular flexibility index (Phi) is 8.64. The molecule has 0 unspecified atom stereocenters. The quantitative estimate of drug-likeness (QED) is 0.298. The van der Waals surface area contributed by atoms with Crippen molar-refractivity contribution < 1.29 is 9.53 Å². The summed E-state index contributed by atoms with van der Waals surface area (Å²) in [5.41, 5.74) is 3.40. The van der Waals surface area contributed by atoms with Crippen LogP contribution in [0.5, 0.6) is 5.75 Å². The smallest absolute Gasteiger partial charge is 0.343 e. The normalized spacial score (nSPS) is 25.5. The van der Waals surface area contributed by atoms with Crippen LogP contribution >= 0.6 is 0 Å². The van der Waals surface area contributed by atoms with Crippen molar-refractivity contribution >= 4 is 5.97 Å². The third-order valence-corrected chi connectivity index (χ3v) is 8.27. The minimum absolute atomic E-state index is 0.263. The summed E-state index contributed by atoms with van der Waals surface area (Å²) in [4.78, 5) is 12.7. The van der Waals surface area contributed by atoms with Gasteiger partial charge in [0.25, 0.3) is 0 Å². The highest BCUT2D eigenvalue weighted by atomic mass is 16.5. The molecule has 2 aliphatic carbocycles. The molecule has 0 radical (unpaired) electrons. The maximum atomic E-state index is 12.7. The number of hydrogen-bond donors (Lipinski definition) is 0. The molecule has 0 bridgehead atoms. The van der Waals surface area contributed by atoms with Crippen LogP contribution < -0.4 is 4.74 Å². The van der Waals surface area contributed by atoms with Crippen LogP contribution in [0.15, 0.2) is 48.5 Å². The molecule has 4 rings (SSSR count). The van der Waals surface area contributed by atoms with E-state index in [1.807, 2.05) is 24.3 Å². The number of hydrogen-bond acceptors (Lipinski definition) is 2. The number of esters is 1. The van der Waals surface area contributed by atoms with Crippen molar-refractivity contribution in [1.29, 1.82) is 0 Å². The summed E-state index contributed by atoms with van der Waals surface area (Å²) < 4.78 is 5.68. The van der Waals surface area contributed by atoms with Gasteiger partial charge in [-0.25, -0.2) is 4.79 Å². The van der Waals surface area contributed by atoms with E-state index >= 15 is 0 Å². The Bertz CT molecular complexity index is 851. The fourth-order valence-electron chi connectivity index (χ4n) is 6.25. The molecule has 0 atom stereocenters. The largest absolute Gasteiger partial charge is 0.423 e. The van der Waals surface area contributed by atoms with Crippen molar-refractivity contribution in [3.05, 3.63) is 65.2 Å². The molecular weight excluding hydrogens is 404 g/mol. The molecule has 0 aliphatic heterocycles. The Labute approximate surface area is 201 Å². The second kappa shape index (κ2) is 11.9. The van der Waals surface area contributed by atoms with E-state index in [0.29, 0.717) is 23.1 Å². The minimum atomic E-state index is -0.263. The van der Waals surface area contributed by atoms with E-state index in [-0.39, 0.29) is 5.97 Å². The van der Waals surface area contributed by atoms with Gasteiger partial charge in [0.1, 0.15) is 5.75 Å². The Morgan fingerprint density at radius 2 is 1.09 bits per heavy atom. The molecule has 2 saturated carbocycles. The van der Waals surface area contributed by atoms with E-state index in [9.17, 15) is 4.79 Å². The lowest BCUT2D eigenvalue weighted by Crippen LogP contribution is -2.14. The zero-order chi connectivity index (χ0) is 23.0. The second-order valence-electron chi connectivity index (χ2n) is 10.6. The van der Waals surface area contributed by atoms with Crippen molar-refractivity contribution in [3.63, 3.8) is 0 Å². The highest BCUT2D eigenvalue weighted by Gasteiger charge is 2.23. The van der Waals surface area contributed by atoms with Crippen molar-refractivity contribution in [3.8, 4) is 5.75 Å². The van der Waals surface area contributed by atoms with Gasteiger partial charge in [-0.1, -0.05) is 63.8 Å². The first-order valence-corrected chi connectivity index (χ1v) is 13.6. The van der Waals surface area contributed by atoms with Crippen LogP contribution in [-0.4, -0.2) is 5.97 Å². The second-order valence-corrected chi connectivity index (χ2v) is 10.6. The molecule has 0 saturated heterocycles. The lowest BCUT2D eigenvalue weighted by molar-refractivity contribution is 0.0734. The summed E-state index contributed by atoms with van der Waals surface area (Å²) in [7, 11) is 0. The fourth-order valence-corrected chi connectivity index (χ4v) is 6.25. The van der Waals surface area contributed by atoms with Gasteiger partial charge in [0.2, 0.25) is 0 Å². The van der Waals surface area contributed by atoms with Gasteiger partial charge >= 0.3 is 5.97 Å². The van der Waals surface area contributed by atoms with Crippen molar-refractivity contribution in [2.45, 2.75) is 103 Å². The summed E-state index contributed by atoms with van der Waals surface area (Å²) in [5.74, 6) is 3.53. The summed E-state index contributed by atoms with van der Waals surface area (Å²) in [5, 5.41) is 0. The summed E-state index contributed by atoms with van der Waals surface area (Å²) in [6.45, 7) is 4.58. The van der Waals surface area contributed by atoms with E-state index in [1.165, 1.54) is 88.2 Å². The predicted octanol–water partition coefficient (Wildman–Crippen LogP) is 9.05.